The summed E-state index contributed by atoms with van der Waals surface area (Å²) >= 11 is 6.14. The summed E-state index contributed by atoms with van der Waals surface area (Å²) in [6.45, 7) is 6.00. The molecular formula is C14H23ClN4O2. The van der Waals surface area contributed by atoms with E-state index in [1.807, 2.05) is 0 Å². The largest absolute Gasteiger partial charge is 0.383 e. The Morgan fingerprint density at radius 1 is 1.57 bits per heavy atom. The molecule has 1 atom stereocenters. The van der Waals surface area contributed by atoms with Crippen LogP contribution in [0.4, 0.5) is 5.69 Å². The average molecular weight is 315 g/mol. The summed E-state index contributed by atoms with van der Waals surface area (Å²) in [5, 5.41) is 7.58. The van der Waals surface area contributed by atoms with Gasteiger partial charge in [0.05, 0.1) is 25.0 Å². The Balaban J connectivity index is 2.00. The molecule has 7 heteroatoms. The Kier molecular flexibility index (Phi) is 6.02. The van der Waals surface area contributed by atoms with E-state index in [-0.39, 0.29) is 10.6 Å². The quantitative estimate of drug-likeness (QED) is 0.825. The fourth-order valence-corrected chi connectivity index (χ4v) is 2.91. The number of halogens is 1. The minimum absolute atomic E-state index is 0.196. The molecule has 1 aromatic heterocycles. The van der Waals surface area contributed by atoms with E-state index in [1.54, 1.807) is 13.3 Å². The van der Waals surface area contributed by atoms with Gasteiger partial charge in [-0.05, 0) is 25.9 Å². The second-order valence-corrected chi connectivity index (χ2v) is 5.58. The first-order valence-corrected chi connectivity index (χ1v) is 7.77. The summed E-state index contributed by atoms with van der Waals surface area (Å²) in [5.74, 6) is 0. The number of nitrogens with zero attached hydrogens (tertiary/aromatic N) is 3. The highest BCUT2D eigenvalue weighted by Crippen LogP contribution is 2.19. The smallest absolute Gasteiger partial charge is 0.287 e. The van der Waals surface area contributed by atoms with Gasteiger partial charge in [-0.2, -0.15) is 5.10 Å². The maximum Gasteiger partial charge on any atom is 0.287 e. The lowest BCUT2D eigenvalue weighted by Crippen LogP contribution is -2.35. The molecule has 0 saturated carbocycles. The minimum atomic E-state index is -0.280. The predicted molar refractivity (Wildman–Crippen MR) is 84.1 cm³/mol. The topological polar surface area (TPSA) is 59.4 Å². The molecule has 1 N–H and O–H groups in total. The number of hydrogen-bond acceptors (Lipinski definition) is 5. The first-order chi connectivity index (χ1) is 10.2. The van der Waals surface area contributed by atoms with Crippen molar-refractivity contribution in [2.24, 2.45) is 0 Å². The molecule has 118 valence electrons. The van der Waals surface area contributed by atoms with Gasteiger partial charge >= 0.3 is 0 Å². The molecular weight excluding hydrogens is 292 g/mol. The van der Waals surface area contributed by atoms with E-state index in [2.05, 4.69) is 22.2 Å². The third-order valence-corrected chi connectivity index (χ3v) is 4.29. The Bertz CT molecular complexity index is 520. The van der Waals surface area contributed by atoms with Crippen LogP contribution < -0.4 is 10.9 Å². The third-order valence-electron chi connectivity index (χ3n) is 3.93. The summed E-state index contributed by atoms with van der Waals surface area (Å²) in [5.41, 5.74) is 0.329. The van der Waals surface area contributed by atoms with Crippen molar-refractivity contribution in [3.63, 3.8) is 0 Å². The maximum atomic E-state index is 12.1. The average Bonchev–Trinajstić information content (AvgIpc) is 2.95. The molecule has 0 aromatic carbocycles. The van der Waals surface area contributed by atoms with Crippen molar-refractivity contribution in [1.29, 1.82) is 0 Å². The van der Waals surface area contributed by atoms with Crippen LogP contribution >= 0.6 is 11.6 Å². The summed E-state index contributed by atoms with van der Waals surface area (Å²) in [4.78, 5) is 14.5. The summed E-state index contributed by atoms with van der Waals surface area (Å²) in [6.07, 6.45) is 4.02. The third kappa shape index (κ3) is 3.96. The van der Waals surface area contributed by atoms with E-state index >= 15 is 0 Å². The van der Waals surface area contributed by atoms with Gasteiger partial charge in [0.2, 0.25) is 0 Å². The van der Waals surface area contributed by atoms with E-state index in [0.717, 1.165) is 19.6 Å². The Morgan fingerprint density at radius 3 is 3.10 bits per heavy atom. The van der Waals surface area contributed by atoms with Crippen molar-refractivity contribution in [3.05, 3.63) is 21.6 Å². The lowest BCUT2D eigenvalue weighted by atomic mass is 10.2. The van der Waals surface area contributed by atoms with Crippen molar-refractivity contribution >= 4 is 17.3 Å². The van der Waals surface area contributed by atoms with Crippen LogP contribution in [-0.4, -0.2) is 54.1 Å². The van der Waals surface area contributed by atoms with Gasteiger partial charge in [0.1, 0.15) is 5.02 Å². The molecule has 1 aliphatic rings. The van der Waals surface area contributed by atoms with Crippen LogP contribution in [0.2, 0.25) is 5.02 Å². The van der Waals surface area contributed by atoms with Crippen LogP contribution in [0.15, 0.2) is 11.0 Å². The first-order valence-electron chi connectivity index (χ1n) is 7.39. The lowest BCUT2D eigenvalue weighted by Gasteiger charge is -2.23. The molecule has 0 bridgehead atoms. The van der Waals surface area contributed by atoms with Gasteiger partial charge in [-0.1, -0.05) is 18.5 Å². The monoisotopic (exact) mass is 314 g/mol. The van der Waals surface area contributed by atoms with Crippen LogP contribution in [-0.2, 0) is 11.3 Å². The highest BCUT2D eigenvalue weighted by Gasteiger charge is 2.23. The number of aromatic nitrogens is 2. The molecule has 1 aliphatic heterocycles. The van der Waals surface area contributed by atoms with Crippen LogP contribution in [0.5, 0.6) is 0 Å². The highest BCUT2D eigenvalue weighted by molar-refractivity contribution is 6.32. The molecule has 0 radical (unpaired) electrons. The number of likely N-dealkylation sites (tertiary alicyclic amines) is 1. The molecule has 1 unspecified atom stereocenters. The fourth-order valence-electron chi connectivity index (χ4n) is 2.70. The number of nitrogens with one attached hydrogen (secondary N) is 1. The van der Waals surface area contributed by atoms with E-state index in [9.17, 15) is 4.79 Å². The normalized spacial score (nSPS) is 19.1. The molecule has 0 spiro atoms. The number of hydrogen-bond donors (Lipinski definition) is 1. The Hall–Kier alpha value is -1.11. The molecule has 2 heterocycles. The molecule has 21 heavy (non-hydrogen) atoms. The molecule has 6 nitrogen and oxygen atoms in total. The summed E-state index contributed by atoms with van der Waals surface area (Å²) in [7, 11) is 1.59. The predicted octanol–water partition coefficient (Wildman–Crippen LogP) is 1.44. The number of methoxy groups -OCH3 is 1. The van der Waals surface area contributed by atoms with Gasteiger partial charge in [-0.15, -0.1) is 0 Å². The minimum Gasteiger partial charge on any atom is -0.383 e. The highest BCUT2D eigenvalue weighted by atomic mass is 35.5. The second kappa shape index (κ2) is 7.77. The van der Waals surface area contributed by atoms with Crippen molar-refractivity contribution < 1.29 is 4.74 Å². The Morgan fingerprint density at radius 2 is 2.38 bits per heavy atom. The Labute approximate surface area is 130 Å². The molecule has 2 rings (SSSR count). The van der Waals surface area contributed by atoms with Gasteiger partial charge in [0, 0.05) is 19.7 Å². The maximum absolute atomic E-state index is 12.1. The molecule has 0 amide bonds. The number of anilines is 1. The number of likely N-dealkylation sites (N-methyl/N-ethyl adjacent to an activating group) is 1. The van der Waals surface area contributed by atoms with Crippen LogP contribution in [0.1, 0.15) is 19.8 Å². The summed E-state index contributed by atoms with van der Waals surface area (Å²) in [6, 6.07) is 0.502. The van der Waals surface area contributed by atoms with E-state index in [4.69, 9.17) is 16.3 Å². The molecule has 1 fully saturated rings. The van der Waals surface area contributed by atoms with E-state index in [0.29, 0.717) is 24.9 Å². The zero-order chi connectivity index (χ0) is 15.2. The fraction of sp³-hybridized carbons (Fsp3) is 0.714. The van der Waals surface area contributed by atoms with E-state index < -0.39 is 0 Å². The molecule has 0 aliphatic carbocycles. The van der Waals surface area contributed by atoms with Gasteiger partial charge < -0.3 is 10.1 Å². The van der Waals surface area contributed by atoms with E-state index in [1.165, 1.54) is 17.5 Å². The second-order valence-electron chi connectivity index (χ2n) is 5.20. The van der Waals surface area contributed by atoms with Crippen LogP contribution in [0.25, 0.3) is 0 Å². The number of ether oxygens (including phenoxy) is 1. The van der Waals surface area contributed by atoms with Gasteiger partial charge in [0.25, 0.3) is 5.56 Å². The van der Waals surface area contributed by atoms with Crippen molar-refractivity contribution in [3.8, 4) is 0 Å². The van der Waals surface area contributed by atoms with Crippen molar-refractivity contribution in [2.45, 2.75) is 32.4 Å². The van der Waals surface area contributed by atoms with Crippen LogP contribution in [0, 0.1) is 0 Å². The zero-order valence-electron chi connectivity index (χ0n) is 12.6. The van der Waals surface area contributed by atoms with Gasteiger partial charge in [0.15, 0.2) is 0 Å². The van der Waals surface area contributed by atoms with Crippen LogP contribution in [0.3, 0.4) is 0 Å². The van der Waals surface area contributed by atoms with Gasteiger partial charge in [-0.3, -0.25) is 9.69 Å². The van der Waals surface area contributed by atoms with Crippen molar-refractivity contribution in [1.82, 2.24) is 14.7 Å². The lowest BCUT2D eigenvalue weighted by molar-refractivity contribution is 0.182. The SMILES string of the molecule is CCN1CCCC1CNc1cnn(CCOC)c(=O)c1Cl. The van der Waals surface area contributed by atoms with Gasteiger partial charge in [-0.25, -0.2) is 4.68 Å². The molecule has 1 aromatic rings. The zero-order valence-corrected chi connectivity index (χ0v) is 13.4. The molecule has 1 saturated heterocycles. The first kappa shape index (κ1) is 16.3. The van der Waals surface area contributed by atoms with Crippen molar-refractivity contribution in [2.75, 3.05) is 38.7 Å². The standard InChI is InChI=1S/C14H23ClN4O2/c1-3-18-6-4-5-11(18)9-16-12-10-17-19(7-8-21-2)14(20)13(12)15/h10-11,16H,3-9H2,1-2H3. The summed E-state index contributed by atoms with van der Waals surface area (Å²) < 4.78 is 6.27. The number of rotatable bonds is 7.